The Morgan fingerprint density at radius 1 is 1.25 bits per heavy atom. The highest BCUT2D eigenvalue weighted by Gasteiger charge is 2.01. The summed E-state index contributed by atoms with van der Waals surface area (Å²) in [7, 11) is 0. The number of thiol groups is 1. The molecule has 0 N–H and O–H groups in total. The molecule has 0 aromatic heterocycles. The summed E-state index contributed by atoms with van der Waals surface area (Å²) in [5, 5.41) is -0.176. The highest BCUT2D eigenvalue weighted by Crippen LogP contribution is 2.15. The number of benzene rings is 1. The standard InChI is InChI=1S/C10H12OS/c1-7(2)8-3-5-9(6-4-8)10(11)12/h3-7H,1-2H3,(H,11,12). The maximum absolute atomic E-state index is 10.8. The van der Waals surface area contributed by atoms with Crippen LogP contribution in [0, 0.1) is 0 Å². The normalized spacial score (nSPS) is 10.3. The SMILES string of the molecule is CC(C)c1ccc(C(=O)S)cc1. The molecule has 0 unspecified atom stereocenters. The van der Waals surface area contributed by atoms with Crippen LogP contribution >= 0.6 is 12.6 Å². The summed E-state index contributed by atoms with van der Waals surface area (Å²) < 4.78 is 0. The molecule has 0 aliphatic carbocycles. The second-order valence-corrected chi connectivity index (χ2v) is 3.49. The first kappa shape index (κ1) is 9.33. The monoisotopic (exact) mass is 180 g/mol. The summed E-state index contributed by atoms with van der Waals surface area (Å²) in [6, 6.07) is 7.55. The average molecular weight is 180 g/mol. The van der Waals surface area contributed by atoms with E-state index in [0.29, 0.717) is 11.5 Å². The number of hydrogen-bond acceptors (Lipinski definition) is 1. The van der Waals surface area contributed by atoms with Crippen LogP contribution in [0.15, 0.2) is 24.3 Å². The van der Waals surface area contributed by atoms with E-state index in [-0.39, 0.29) is 5.12 Å². The van der Waals surface area contributed by atoms with Gasteiger partial charge in [0, 0.05) is 5.56 Å². The highest BCUT2D eigenvalue weighted by molar-refractivity contribution is 7.97. The van der Waals surface area contributed by atoms with Gasteiger partial charge in [0.2, 0.25) is 5.12 Å². The van der Waals surface area contributed by atoms with Gasteiger partial charge in [0.25, 0.3) is 0 Å². The first-order valence-corrected chi connectivity index (χ1v) is 4.39. The molecule has 0 aliphatic heterocycles. The Kier molecular flexibility index (Phi) is 2.93. The molecule has 1 nitrogen and oxygen atoms in total. The van der Waals surface area contributed by atoms with Crippen LogP contribution in [0.5, 0.6) is 0 Å². The number of carbonyl (C=O) groups excluding carboxylic acids is 1. The van der Waals surface area contributed by atoms with Crippen molar-refractivity contribution in [1.29, 1.82) is 0 Å². The van der Waals surface area contributed by atoms with Gasteiger partial charge in [0.05, 0.1) is 0 Å². The van der Waals surface area contributed by atoms with Crippen LogP contribution in [-0.2, 0) is 0 Å². The van der Waals surface area contributed by atoms with E-state index >= 15 is 0 Å². The lowest BCUT2D eigenvalue weighted by atomic mass is 10.0. The van der Waals surface area contributed by atoms with Crippen LogP contribution in [0.3, 0.4) is 0 Å². The largest absolute Gasteiger partial charge is 0.282 e. The lowest BCUT2D eigenvalue weighted by molar-refractivity contribution is 0.109. The summed E-state index contributed by atoms with van der Waals surface area (Å²) in [5.41, 5.74) is 1.90. The zero-order valence-corrected chi connectivity index (χ0v) is 8.14. The molecule has 0 amide bonds. The van der Waals surface area contributed by atoms with E-state index in [2.05, 4.69) is 26.5 Å². The van der Waals surface area contributed by atoms with Crippen LogP contribution in [0.1, 0.15) is 35.7 Å². The molecule has 0 bridgehead atoms. The van der Waals surface area contributed by atoms with E-state index < -0.39 is 0 Å². The van der Waals surface area contributed by atoms with Gasteiger partial charge in [-0.05, 0) is 11.5 Å². The molecule has 0 heterocycles. The first-order valence-electron chi connectivity index (χ1n) is 3.94. The third-order valence-electron chi connectivity index (χ3n) is 1.82. The van der Waals surface area contributed by atoms with Gasteiger partial charge in [-0.1, -0.05) is 38.1 Å². The van der Waals surface area contributed by atoms with Gasteiger partial charge in [-0.25, -0.2) is 0 Å². The van der Waals surface area contributed by atoms with Crippen molar-refractivity contribution in [2.45, 2.75) is 19.8 Å². The molecule has 64 valence electrons. The molecule has 0 saturated carbocycles. The molecule has 0 saturated heterocycles. The van der Waals surface area contributed by atoms with Crippen LogP contribution in [0.25, 0.3) is 0 Å². The third-order valence-corrected chi connectivity index (χ3v) is 2.08. The topological polar surface area (TPSA) is 17.1 Å². The van der Waals surface area contributed by atoms with E-state index in [1.807, 2.05) is 24.3 Å². The second kappa shape index (κ2) is 3.76. The van der Waals surface area contributed by atoms with Gasteiger partial charge in [0.15, 0.2) is 0 Å². The maximum atomic E-state index is 10.8. The maximum Gasteiger partial charge on any atom is 0.216 e. The van der Waals surface area contributed by atoms with E-state index in [0.717, 1.165) is 0 Å². The molecule has 0 aliphatic rings. The minimum atomic E-state index is -0.176. The minimum Gasteiger partial charge on any atom is -0.282 e. The van der Waals surface area contributed by atoms with Gasteiger partial charge in [-0.3, -0.25) is 4.79 Å². The van der Waals surface area contributed by atoms with Crippen LogP contribution in [-0.4, -0.2) is 5.12 Å². The Balaban J connectivity index is 2.93. The predicted octanol–water partition coefficient (Wildman–Crippen LogP) is 2.88. The number of rotatable bonds is 2. The molecule has 2 heteroatoms. The minimum absolute atomic E-state index is 0.176. The molecular weight excluding hydrogens is 168 g/mol. The summed E-state index contributed by atoms with van der Waals surface area (Å²) in [4.78, 5) is 10.8. The second-order valence-electron chi connectivity index (χ2n) is 3.08. The molecule has 1 aromatic carbocycles. The molecule has 0 fully saturated rings. The fraction of sp³-hybridized carbons (Fsp3) is 0.300. The van der Waals surface area contributed by atoms with Gasteiger partial charge >= 0.3 is 0 Å². The van der Waals surface area contributed by atoms with Crippen molar-refractivity contribution >= 4 is 17.7 Å². The molecule has 0 radical (unpaired) electrons. The summed E-state index contributed by atoms with van der Waals surface area (Å²) in [5.74, 6) is 0.508. The van der Waals surface area contributed by atoms with Crippen molar-refractivity contribution in [3.63, 3.8) is 0 Å². The quantitative estimate of drug-likeness (QED) is 0.692. The Morgan fingerprint density at radius 3 is 2.08 bits per heavy atom. The van der Waals surface area contributed by atoms with Gasteiger partial charge in [-0.15, -0.1) is 12.6 Å². The molecule has 1 rings (SSSR count). The number of hydrogen-bond donors (Lipinski definition) is 1. The third kappa shape index (κ3) is 2.11. The first-order chi connectivity index (χ1) is 5.61. The van der Waals surface area contributed by atoms with Gasteiger partial charge in [-0.2, -0.15) is 0 Å². The van der Waals surface area contributed by atoms with Crippen LogP contribution in [0.4, 0.5) is 0 Å². The Morgan fingerprint density at radius 2 is 1.75 bits per heavy atom. The van der Waals surface area contributed by atoms with E-state index in [1.54, 1.807) is 0 Å². The highest BCUT2D eigenvalue weighted by atomic mass is 32.1. The van der Waals surface area contributed by atoms with Crippen LogP contribution < -0.4 is 0 Å². The smallest absolute Gasteiger partial charge is 0.216 e. The molecule has 1 aromatic rings. The Bertz CT molecular complexity index is 274. The van der Waals surface area contributed by atoms with Crippen LogP contribution in [0.2, 0.25) is 0 Å². The zero-order chi connectivity index (χ0) is 9.14. The lowest BCUT2D eigenvalue weighted by Gasteiger charge is -2.04. The van der Waals surface area contributed by atoms with Crippen molar-refractivity contribution < 1.29 is 4.79 Å². The van der Waals surface area contributed by atoms with Crippen molar-refractivity contribution in [2.24, 2.45) is 0 Å². The van der Waals surface area contributed by atoms with Gasteiger partial charge < -0.3 is 0 Å². The van der Waals surface area contributed by atoms with E-state index in [1.165, 1.54) is 5.56 Å². The van der Waals surface area contributed by atoms with E-state index in [9.17, 15) is 4.79 Å². The lowest BCUT2D eigenvalue weighted by Crippen LogP contribution is -1.91. The molecular formula is C10H12OS. The Hall–Kier alpha value is -0.760. The zero-order valence-electron chi connectivity index (χ0n) is 7.24. The fourth-order valence-electron chi connectivity index (χ4n) is 1.01. The van der Waals surface area contributed by atoms with Crippen molar-refractivity contribution in [3.05, 3.63) is 35.4 Å². The summed E-state index contributed by atoms with van der Waals surface area (Å²) >= 11 is 3.73. The summed E-state index contributed by atoms with van der Waals surface area (Å²) in [6.07, 6.45) is 0. The average Bonchev–Trinajstić information content (AvgIpc) is 2.04. The molecule has 12 heavy (non-hydrogen) atoms. The van der Waals surface area contributed by atoms with Gasteiger partial charge in [0.1, 0.15) is 0 Å². The van der Waals surface area contributed by atoms with Crippen molar-refractivity contribution in [3.8, 4) is 0 Å². The van der Waals surface area contributed by atoms with E-state index in [4.69, 9.17) is 0 Å². The van der Waals surface area contributed by atoms with Crippen molar-refractivity contribution in [1.82, 2.24) is 0 Å². The molecule has 0 atom stereocenters. The Labute approximate surface area is 78.2 Å². The fourth-order valence-corrected chi connectivity index (χ4v) is 1.16. The predicted molar refractivity (Wildman–Crippen MR) is 53.8 cm³/mol. The molecule has 0 spiro atoms. The van der Waals surface area contributed by atoms with Crippen molar-refractivity contribution in [2.75, 3.05) is 0 Å². The summed E-state index contributed by atoms with van der Waals surface area (Å²) in [6.45, 7) is 4.25. The number of carbonyl (C=O) groups is 1.